The van der Waals surface area contributed by atoms with Gasteiger partial charge in [0.15, 0.2) is 6.10 Å². The van der Waals surface area contributed by atoms with E-state index in [2.05, 4.69) is 62.5 Å². The zero-order chi connectivity index (χ0) is 45.2. The van der Waals surface area contributed by atoms with Crippen molar-refractivity contribution in [3.8, 4) is 0 Å². The van der Waals surface area contributed by atoms with E-state index in [9.17, 15) is 34.1 Å². The molecule has 0 aliphatic heterocycles. The Hall–Kier alpha value is -2.96. The number of unbranched alkanes of at least 4 members (excludes halogenated alkanes) is 7. The number of aliphatic hydroxyl groups excluding tert-OH is 2. The number of Topliss-reactive ketones (excluding diaryl/α,β-unsaturated/α-hetero) is 1. The van der Waals surface area contributed by atoms with Gasteiger partial charge in [-0.1, -0.05) is 119 Å². The normalized spacial score (nSPS) is 19.7. The largest absolute Gasteiger partial charge is 0.756 e. The van der Waals surface area contributed by atoms with Crippen molar-refractivity contribution in [1.29, 1.82) is 0 Å². The van der Waals surface area contributed by atoms with Crippen LogP contribution in [0.2, 0.25) is 0 Å². The summed E-state index contributed by atoms with van der Waals surface area (Å²) in [7, 11) is 0.972. The van der Waals surface area contributed by atoms with Crippen LogP contribution in [0.5, 0.6) is 0 Å². The molecule has 1 aliphatic carbocycles. The summed E-state index contributed by atoms with van der Waals surface area (Å²) in [6.45, 7) is 3.64. The summed E-state index contributed by atoms with van der Waals surface area (Å²) in [5.41, 5.74) is 0. The number of phosphoric ester groups is 1. The number of ether oxygens (including phenoxy) is 2. The Morgan fingerprint density at radius 1 is 0.803 bits per heavy atom. The van der Waals surface area contributed by atoms with Crippen LogP contribution >= 0.6 is 7.82 Å². The van der Waals surface area contributed by atoms with Crippen LogP contribution in [0.4, 0.5) is 0 Å². The maximum absolute atomic E-state index is 12.8. The topological polar surface area (TPSA) is 169 Å². The molecule has 1 rings (SSSR count). The summed E-state index contributed by atoms with van der Waals surface area (Å²) in [5, 5.41) is 20.7. The highest BCUT2D eigenvalue weighted by Crippen LogP contribution is 2.38. The first-order chi connectivity index (χ1) is 29.2. The molecule has 12 nitrogen and oxygen atoms in total. The summed E-state index contributed by atoms with van der Waals surface area (Å²) < 4.78 is 33.8. The summed E-state index contributed by atoms with van der Waals surface area (Å²) in [6, 6.07) is 0. The van der Waals surface area contributed by atoms with Crippen LogP contribution in [0.1, 0.15) is 136 Å². The number of nitrogens with zero attached hydrogens (tertiary/aromatic N) is 1. The third-order valence-corrected chi connectivity index (χ3v) is 11.0. The molecule has 0 aromatic heterocycles. The average Bonchev–Trinajstić information content (AvgIpc) is 3.47. The Bertz CT molecular complexity index is 1430. The first-order valence-corrected chi connectivity index (χ1v) is 24.2. The van der Waals surface area contributed by atoms with Crippen LogP contribution in [0.25, 0.3) is 0 Å². The summed E-state index contributed by atoms with van der Waals surface area (Å²) in [5.74, 6) is -1.83. The molecule has 0 aromatic rings. The number of hydrogen-bond donors (Lipinski definition) is 2. The number of rotatable bonds is 36. The average molecular weight is 878 g/mol. The molecule has 0 spiro atoms. The molecule has 61 heavy (non-hydrogen) atoms. The Balaban J connectivity index is 2.52. The Morgan fingerprint density at radius 2 is 1.43 bits per heavy atom. The Kier molecular flexibility index (Phi) is 31.7. The van der Waals surface area contributed by atoms with E-state index in [1.165, 1.54) is 0 Å². The van der Waals surface area contributed by atoms with Crippen LogP contribution in [0.15, 0.2) is 72.9 Å². The molecule has 6 atom stereocenters. The molecule has 348 valence electrons. The molecule has 0 bridgehead atoms. The first-order valence-electron chi connectivity index (χ1n) is 22.7. The predicted octanol–water partition coefficient (Wildman–Crippen LogP) is 8.98. The number of allylic oxidation sites excluding steroid dienone is 10. The lowest BCUT2D eigenvalue weighted by molar-refractivity contribution is -0.870. The molecule has 1 aliphatic rings. The predicted molar refractivity (Wildman–Crippen MR) is 241 cm³/mol. The third kappa shape index (κ3) is 31.5. The van der Waals surface area contributed by atoms with E-state index in [1.54, 1.807) is 12.2 Å². The van der Waals surface area contributed by atoms with Gasteiger partial charge in [-0.05, 0) is 70.6 Å². The van der Waals surface area contributed by atoms with Gasteiger partial charge in [0, 0.05) is 31.1 Å². The number of esters is 2. The van der Waals surface area contributed by atoms with E-state index in [0.717, 1.165) is 70.6 Å². The molecule has 0 heterocycles. The highest BCUT2D eigenvalue weighted by Gasteiger charge is 2.39. The number of quaternary nitrogens is 1. The molecule has 1 fully saturated rings. The number of carbonyl (C=O) groups is 3. The van der Waals surface area contributed by atoms with E-state index in [0.29, 0.717) is 43.1 Å². The fraction of sp³-hybridized carbons (Fsp3) is 0.688. The zero-order valence-electron chi connectivity index (χ0n) is 38.0. The van der Waals surface area contributed by atoms with Crippen LogP contribution in [0.3, 0.4) is 0 Å². The monoisotopic (exact) mass is 878 g/mol. The lowest BCUT2D eigenvalue weighted by atomic mass is 9.90. The van der Waals surface area contributed by atoms with Gasteiger partial charge in [0.2, 0.25) is 0 Å². The van der Waals surface area contributed by atoms with E-state index >= 15 is 0 Å². The van der Waals surface area contributed by atoms with Crippen molar-refractivity contribution in [2.24, 2.45) is 11.8 Å². The van der Waals surface area contributed by atoms with Crippen LogP contribution in [0, 0.1) is 11.8 Å². The Morgan fingerprint density at radius 3 is 2.10 bits per heavy atom. The van der Waals surface area contributed by atoms with Crippen LogP contribution in [-0.4, -0.2) is 98.2 Å². The van der Waals surface area contributed by atoms with Crippen molar-refractivity contribution in [3.05, 3.63) is 72.9 Å². The van der Waals surface area contributed by atoms with Crippen LogP contribution < -0.4 is 4.89 Å². The highest BCUT2D eigenvalue weighted by atomic mass is 31.2. The molecule has 0 amide bonds. The lowest BCUT2D eigenvalue weighted by Gasteiger charge is -2.28. The SMILES string of the molecule is CC/C=C\C/C=C\C/C=C\C/C=C\CCCCCCC(=O)OC[C@H](COP(=O)([O-])OCC[N+](C)(C)C)OC(=O)CCC/C=C\C[C@H]1C(=O)C[C@@H](O)[C@@H]1/C=C/[C@@H](O)CCCCC. The van der Waals surface area contributed by atoms with Gasteiger partial charge in [-0.15, -0.1) is 0 Å². The molecule has 13 heteroatoms. The van der Waals surface area contributed by atoms with Gasteiger partial charge in [0.25, 0.3) is 7.82 Å². The molecule has 0 radical (unpaired) electrons. The maximum atomic E-state index is 12.8. The van der Waals surface area contributed by atoms with E-state index in [-0.39, 0.29) is 50.1 Å². The number of aliphatic hydroxyl groups is 2. The fourth-order valence-corrected chi connectivity index (χ4v) is 7.18. The number of hydrogen-bond acceptors (Lipinski definition) is 11. The number of ketones is 1. The van der Waals surface area contributed by atoms with Gasteiger partial charge in [-0.25, -0.2) is 0 Å². The van der Waals surface area contributed by atoms with Gasteiger partial charge in [-0.3, -0.25) is 18.9 Å². The molecular formula is C48H80NO11P. The number of carbonyl (C=O) groups excluding carboxylic acids is 3. The lowest BCUT2D eigenvalue weighted by Crippen LogP contribution is -2.37. The van der Waals surface area contributed by atoms with E-state index in [4.69, 9.17) is 18.5 Å². The standard InChI is InChI=1S/C48H80NO11P/c1-6-8-10-11-12-13-14-15-16-17-18-19-20-21-22-23-28-32-47(53)57-39-42(40-59-61(55,56)58-37-36-49(3,4)5)60-48(54)33-29-25-24-27-31-43-44(46(52)38-45(43)51)35-34-41(50)30-26-9-7-2/h8,10,12-13,15-16,18-19,24,27,34-35,41-44,46,50,52H,6-7,9,11,14,17,20-23,25-26,28-33,36-40H2,1-5H3/b10-8-,13-12-,16-15-,19-18-,27-24-,35-34+/t41-,42+,43+,44+,46+/m0/s1. The second-order valence-corrected chi connectivity index (χ2v) is 18.2. The molecular weight excluding hydrogens is 797 g/mol. The van der Waals surface area contributed by atoms with E-state index in [1.807, 2.05) is 33.3 Å². The summed E-state index contributed by atoms with van der Waals surface area (Å²) >= 11 is 0. The van der Waals surface area contributed by atoms with Crippen molar-refractivity contribution in [1.82, 2.24) is 0 Å². The van der Waals surface area contributed by atoms with Crippen LogP contribution in [-0.2, 0) is 37.5 Å². The maximum Gasteiger partial charge on any atom is 0.306 e. The molecule has 1 unspecified atom stereocenters. The van der Waals surface area contributed by atoms with Gasteiger partial charge < -0.3 is 38.1 Å². The molecule has 1 saturated carbocycles. The van der Waals surface area contributed by atoms with Gasteiger partial charge >= 0.3 is 11.9 Å². The molecule has 0 saturated heterocycles. The molecule has 0 aromatic carbocycles. The first kappa shape index (κ1) is 56.1. The van der Waals surface area contributed by atoms with Crippen molar-refractivity contribution in [3.63, 3.8) is 0 Å². The van der Waals surface area contributed by atoms with Crippen molar-refractivity contribution in [2.75, 3.05) is 47.5 Å². The second-order valence-electron chi connectivity index (χ2n) is 16.8. The second kappa shape index (κ2) is 34.5. The summed E-state index contributed by atoms with van der Waals surface area (Å²) in [4.78, 5) is 50.4. The fourth-order valence-electron chi connectivity index (χ4n) is 6.45. The minimum absolute atomic E-state index is 0.0142. The van der Waals surface area contributed by atoms with Gasteiger partial charge in [-0.2, -0.15) is 0 Å². The smallest absolute Gasteiger partial charge is 0.306 e. The van der Waals surface area contributed by atoms with E-state index < -0.39 is 44.7 Å². The third-order valence-electron chi connectivity index (χ3n) is 10.1. The van der Waals surface area contributed by atoms with Crippen molar-refractivity contribution >= 4 is 25.5 Å². The molecule has 2 N–H and O–H groups in total. The van der Waals surface area contributed by atoms with Gasteiger partial charge in [0.05, 0.1) is 40.0 Å². The van der Waals surface area contributed by atoms with Crippen molar-refractivity contribution < 1.29 is 57.1 Å². The minimum atomic E-state index is -4.71. The Labute approximate surface area is 368 Å². The number of phosphoric acid groups is 1. The summed E-state index contributed by atoms with van der Waals surface area (Å²) in [6.07, 6.45) is 35.8. The highest BCUT2D eigenvalue weighted by molar-refractivity contribution is 7.45. The van der Waals surface area contributed by atoms with Gasteiger partial charge in [0.1, 0.15) is 25.5 Å². The quantitative estimate of drug-likeness (QED) is 0.0203. The number of likely N-dealkylation sites (N-methyl/N-ethyl adjacent to an activating group) is 1. The minimum Gasteiger partial charge on any atom is -0.756 e. The zero-order valence-corrected chi connectivity index (χ0v) is 38.9. The van der Waals surface area contributed by atoms with Crippen molar-refractivity contribution in [2.45, 2.75) is 154 Å².